The summed E-state index contributed by atoms with van der Waals surface area (Å²) in [5.74, 6) is 2.57. The van der Waals surface area contributed by atoms with Crippen LogP contribution < -0.4 is 10.6 Å². The standard InChI is InChI=1S/C14H23N3O2S/c1-2-15-14(16-9-11-5-4-8-20-11)17-10-12(18)13-6-3-7-19-13/h3,6-7,11-12,18H,2,4-5,8-10H2,1H3,(H2,15,16,17). The van der Waals surface area contributed by atoms with E-state index in [2.05, 4.69) is 15.6 Å². The SMILES string of the molecule is CCNC(=NCC(O)c1ccco1)NCC1CCCS1. The van der Waals surface area contributed by atoms with Crippen molar-refractivity contribution in [3.05, 3.63) is 24.2 Å². The van der Waals surface area contributed by atoms with Crippen molar-refractivity contribution in [3.8, 4) is 0 Å². The van der Waals surface area contributed by atoms with E-state index in [0.29, 0.717) is 17.6 Å². The lowest BCUT2D eigenvalue weighted by Crippen LogP contribution is -2.40. The molecule has 6 heteroatoms. The maximum absolute atomic E-state index is 9.95. The van der Waals surface area contributed by atoms with Crippen molar-refractivity contribution in [1.82, 2.24) is 10.6 Å². The third kappa shape index (κ3) is 4.76. The maximum Gasteiger partial charge on any atom is 0.191 e. The van der Waals surface area contributed by atoms with Crippen LogP contribution in [0.1, 0.15) is 31.6 Å². The summed E-state index contributed by atoms with van der Waals surface area (Å²) < 4.78 is 5.17. The van der Waals surface area contributed by atoms with Gasteiger partial charge in [-0.15, -0.1) is 0 Å². The summed E-state index contributed by atoms with van der Waals surface area (Å²) in [6.45, 7) is 4.05. The molecule has 0 spiro atoms. The lowest BCUT2D eigenvalue weighted by Gasteiger charge is -2.15. The second-order valence-corrected chi connectivity index (χ2v) is 6.18. The van der Waals surface area contributed by atoms with Gasteiger partial charge in [-0.05, 0) is 37.7 Å². The van der Waals surface area contributed by atoms with Crippen LogP contribution in [0.2, 0.25) is 0 Å². The van der Waals surface area contributed by atoms with Crippen LogP contribution in [0.5, 0.6) is 0 Å². The second-order valence-electron chi connectivity index (χ2n) is 4.77. The number of thioether (sulfide) groups is 1. The van der Waals surface area contributed by atoms with Gasteiger partial charge in [0.2, 0.25) is 0 Å². The highest BCUT2D eigenvalue weighted by molar-refractivity contribution is 8.00. The summed E-state index contributed by atoms with van der Waals surface area (Å²) in [6, 6.07) is 3.53. The molecule has 0 bridgehead atoms. The molecule has 2 atom stereocenters. The van der Waals surface area contributed by atoms with E-state index in [0.717, 1.165) is 19.0 Å². The number of nitrogens with zero attached hydrogens (tertiary/aromatic N) is 1. The number of rotatable bonds is 6. The molecule has 112 valence electrons. The van der Waals surface area contributed by atoms with Crippen LogP contribution >= 0.6 is 11.8 Å². The molecule has 1 aliphatic rings. The van der Waals surface area contributed by atoms with E-state index >= 15 is 0 Å². The Morgan fingerprint density at radius 2 is 2.50 bits per heavy atom. The number of guanidine groups is 1. The number of furan rings is 1. The average molecular weight is 297 g/mol. The number of hydrogen-bond acceptors (Lipinski definition) is 4. The molecule has 0 aromatic carbocycles. The minimum atomic E-state index is -0.693. The summed E-state index contributed by atoms with van der Waals surface area (Å²) in [6.07, 6.45) is 3.44. The Morgan fingerprint density at radius 3 is 3.15 bits per heavy atom. The fourth-order valence-electron chi connectivity index (χ4n) is 2.11. The topological polar surface area (TPSA) is 69.8 Å². The highest BCUT2D eigenvalue weighted by Gasteiger charge is 2.16. The van der Waals surface area contributed by atoms with Crippen LogP contribution in [0.25, 0.3) is 0 Å². The molecule has 1 aromatic rings. The molecular weight excluding hydrogens is 274 g/mol. The number of hydrogen-bond donors (Lipinski definition) is 3. The van der Waals surface area contributed by atoms with Crippen LogP contribution in [0.3, 0.4) is 0 Å². The van der Waals surface area contributed by atoms with Crippen molar-refractivity contribution < 1.29 is 9.52 Å². The largest absolute Gasteiger partial charge is 0.467 e. The normalized spacial score (nSPS) is 20.9. The molecule has 1 aromatic heterocycles. The van der Waals surface area contributed by atoms with E-state index in [4.69, 9.17) is 4.42 Å². The summed E-state index contributed by atoms with van der Waals surface area (Å²) in [5, 5.41) is 17.2. The molecule has 5 nitrogen and oxygen atoms in total. The predicted molar refractivity (Wildman–Crippen MR) is 83.1 cm³/mol. The molecule has 0 amide bonds. The van der Waals surface area contributed by atoms with Gasteiger partial charge in [-0.25, -0.2) is 0 Å². The average Bonchev–Trinajstić information content (AvgIpc) is 3.13. The van der Waals surface area contributed by atoms with Crippen LogP contribution in [-0.4, -0.2) is 41.7 Å². The van der Waals surface area contributed by atoms with Crippen molar-refractivity contribution >= 4 is 17.7 Å². The summed E-state index contributed by atoms with van der Waals surface area (Å²) in [5.41, 5.74) is 0. The molecule has 3 N–H and O–H groups in total. The first-order valence-corrected chi connectivity index (χ1v) is 8.19. The Bertz CT molecular complexity index is 403. The van der Waals surface area contributed by atoms with Gasteiger partial charge in [0.05, 0.1) is 12.8 Å². The molecule has 20 heavy (non-hydrogen) atoms. The molecule has 1 aliphatic heterocycles. The van der Waals surface area contributed by atoms with Gasteiger partial charge in [0.1, 0.15) is 11.9 Å². The molecule has 2 unspecified atom stereocenters. The molecule has 1 fully saturated rings. The third-order valence-electron chi connectivity index (χ3n) is 3.16. The van der Waals surface area contributed by atoms with Gasteiger partial charge in [0.15, 0.2) is 5.96 Å². The van der Waals surface area contributed by atoms with E-state index in [1.807, 2.05) is 18.7 Å². The van der Waals surface area contributed by atoms with Gasteiger partial charge in [-0.2, -0.15) is 11.8 Å². The van der Waals surface area contributed by atoms with Crippen LogP contribution in [0, 0.1) is 0 Å². The first-order valence-electron chi connectivity index (χ1n) is 7.15. The Kier molecular flexibility index (Phi) is 6.26. The van der Waals surface area contributed by atoms with Crippen LogP contribution in [0.15, 0.2) is 27.8 Å². The van der Waals surface area contributed by atoms with E-state index < -0.39 is 6.10 Å². The fraction of sp³-hybridized carbons (Fsp3) is 0.643. The molecule has 2 heterocycles. The number of aliphatic imine (C=N–C) groups is 1. The van der Waals surface area contributed by atoms with Gasteiger partial charge >= 0.3 is 0 Å². The third-order valence-corrected chi connectivity index (χ3v) is 4.56. The zero-order chi connectivity index (χ0) is 14.2. The second kappa shape index (κ2) is 8.21. The van der Waals surface area contributed by atoms with Crippen molar-refractivity contribution in [2.75, 3.05) is 25.4 Å². The number of aliphatic hydroxyl groups is 1. The minimum absolute atomic E-state index is 0.292. The van der Waals surface area contributed by atoms with Gasteiger partial charge in [-0.3, -0.25) is 4.99 Å². The van der Waals surface area contributed by atoms with E-state index in [-0.39, 0.29) is 0 Å². The molecule has 2 rings (SSSR count). The number of aliphatic hydroxyl groups excluding tert-OH is 1. The smallest absolute Gasteiger partial charge is 0.191 e. The number of nitrogens with one attached hydrogen (secondary N) is 2. The van der Waals surface area contributed by atoms with Crippen molar-refractivity contribution in [2.45, 2.75) is 31.1 Å². The molecule has 0 radical (unpaired) electrons. The molecule has 1 saturated heterocycles. The lowest BCUT2D eigenvalue weighted by molar-refractivity contribution is 0.158. The van der Waals surface area contributed by atoms with E-state index in [1.54, 1.807) is 18.4 Å². The lowest BCUT2D eigenvalue weighted by atomic mass is 10.2. The zero-order valence-corrected chi connectivity index (χ0v) is 12.7. The van der Waals surface area contributed by atoms with E-state index in [9.17, 15) is 5.11 Å². The maximum atomic E-state index is 9.95. The Labute approximate surface area is 124 Å². The van der Waals surface area contributed by atoms with Crippen molar-refractivity contribution in [3.63, 3.8) is 0 Å². The summed E-state index contributed by atoms with van der Waals surface area (Å²) >= 11 is 2.02. The Hall–Kier alpha value is -1.14. The van der Waals surface area contributed by atoms with Crippen LogP contribution in [-0.2, 0) is 0 Å². The van der Waals surface area contributed by atoms with Gasteiger partial charge in [-0.1, -0.05) is 0 Å². The molecule has 0 saturated carbocycles. The van der Waals surface area contributed by atoms with E-state index in [1.165, 1.54) is 18.6 Å². The first kappa shape index (κ1) is 15.3. The minimum Gasteiger partial charge on any atom is -0.467 e. The first-order chi connectivity index (χ1) is 9.79. The van der Waals surface area contributed by atoms with Gasteiger partial charge < -0.3 is 20.2 Å². The summed E-state index contributed by atoms with van der Waals surface area (Å²) in [7, 11) is 0. The monoisotopic (exact) mass is 297 g/mol. The zero-order valence-electron chi connectivity index (χ0n) is 11.8. The van der Waals surface area contributed by atoms with Crippen molar-refractivity contribution in [1.29, 1.82) is 0 Å². The van der Waals surface area contributed by atoms with Crippen molar-refractivity contribution in [2.24, 2.45) is 4.99 Å². The molecule has 0 aliphatic carbocycles. The summed E-state index contributed by atoms with van der Waals surface area (Å²) in [4.78, 5) is 4.41. The quantitative estimate of drug-likeness (QED) is 0.551. The highest BCUT2D eigenvalue weighted by atomic mass is 32.2. The van der Waals surface area contributed by atoms with Crippen LogP contribution in [0.4, 0.5) is 0 Å². The Morgan fingerprint density at radius 1 is 1.60 bits per heavy atom. The van der Waals surface area contributed by atoms with Gasteiger partial charge in [0.25, 0.3) is 0 Å². The molecular formula is C14H23N3O2S. The fourth-order valence-corrected chi connectivity index (χ4v) is 3.31. The van der Waals surface area contributed by atoms with Gasteiger partial charge in [0, 0.05) is 18.3 Å². The predicted octanol–water partition coefficient (Wildman–Crippen LogP) is 1.76. The highest BCUT2D eigenvalue weighted by Crippen LogP contribution is 2.25. The Balaban J connectivity index is 1.81.